The summed E-state index contributed by atoms with van der Waals surface area (Å²) in [5, 5.41) is 10.4. The van der Waals surface area contributed by atoms with Gasteiger partial charge in [-0.25, -0.2) is 4.98 Å². The molecule has 0 aliphatic rings. The Labute approximate surface area is 110 Å². The van der Waals surface area contributed by atoms with Crippen LogP contribution in [0, 0.1) is 0 Å². The Bertz CT molecular complexity index is 704. The van der Waals surface area contributed by atoms with Crippen molar-refractivity contribution in [2.75, 3.05) is 7.11 Å². The van der Waals surface area contributed by atoms with Gasteiger partial charge >= 0.3 is 0 Å². The average molecular weight is 255 g/mol. The fraction of sp³-hybridized carbons (Fsp3) is 0.133. The van der Waals surface area contributed by atoms with E-state index in [0.717, 1.165) is 16.5 Å². The van der Waals surface area contributed by atoms with Gasteiger partial charge < -0.3 is 14.3 Å². The van der Waals surface area contributed by atoms with Gasteiger partial charge in [-0.3, -0.25) is 0 Å². The van der Waals surface area contributed by atoms with Crippen molar-refractivity contribution in [3.63, 3.8) is 0 Å². The summed E-state index contributed by atoms with van der Waals surface area (Å²) in [6.45, 7) is -0.0929. The molecular formula is C15H13NO3. The van der Waals surface area contributed by atoms with E-state index in [1.807, 2.05) is 30.3 Å². The molecule has 0 bridgehead atoms. The van der Waals surface area contributed by atoms with Gasteiger partial charge in [0.25, 0.3) is 0 Å². The van der Waals surface area contributed by atoms with Crippen molar-refractivity contribution < 1.29 is 14.3 Å². The van der Waals surface area contributed by atoms with E-state index in [9.17, 15) is 5.11 Å². The number of benzene rings is 1. The summed E-state index contributed by atoms with van der Waals surface area (Å²) in [6, 6.07) is 11.5. The fourth-order valence-corrected chi connectivity index (χ4v) is 2.13. The van der Waals surface area contributed by atoms with Crippen molar-refractivity contribution in [2.24, 2.45) is 0 Å². The van der Waals surface area contributed by atoms with Crippen LogP contribution in [0.25, 0.3) is 22.3 Å². The molecule has 2 heterocycles. The molecule has 19 heavy (non-hydrogen) atoms. The van der Waals surface area contributed by atoms with E-state index >= 15 is 0 Å². The predicted octanol–water partition coefficient (Wildman–Crippen LogP) is 3.00. The quantitative estimate of drug-likeness (QED) is 0.781. The van der Waals surface area contributed by atoms with E-state index in [4.69, 9.17) is 9.15 Å². The molecule has 0 aliphatic heterocycles. The second kappa shape index (κ2) is 4.74. The van der Waals surface area contributed by atoms with Crippen molar-refractivity contribution in [3.05, 3.63) is 48.2 Å². The lowest BCUT2D eigenvalue weighted by Gasteiger charge is -2.00. The van der Waals surface area contributed by atoms with Gasteiger partial charge in [0.2, 0.25) is 5.88 Å². The van der Waals surface area contributed by atoms with E-state index in [0.29, 0.717) is 17.2 Å². The minimum atomic E-state index is -0.0929. The van der Waals surface area contributed by atoms with Gasteiger partial charge in [-0.15, -0.1) is 0 Å². The van der Waals surface area contributed by atoms with Crippen molar-refractivity contribution in [1.29, 1.82) is 0 Å². The number of rotatable bonds is 3. The Hall–Kier alpha value is -2.33. The van der Waals surface area contributed by atoms with E-state index in [-0.39, 0.29) is 6.61 Å². The number of furan rings is 1. The van der Waals surface area contributed by atoms with Gasteiger partial charge in [0.15, 0.2) is 5.58 Å². The second-order valence-electron chi connectivity index (χ2n) is 4.16. The molecule has 1 aromatic carbocycles. The number of hydrogen-bond acceptors (Lipinski definition) is 4. The zero-order chi connectivity index (χ0) is 13.2. The first-order valence-electron chi connectivity index (χ1n) is 5.95. The number of pyridine rings is 1. The maximum atomic E-state index is 9.61. The first-order chi connectivity index (χ1) is 9.33. The summed E-state index contributed by atoms with van der Waals surface area (Å²) in [4.78, 5) is 4.11. The van der Waals surface area contributed by atoms with Crippen molar-refractivity contribution in [2.45, 2.75) is 6.61 Å². The highest BCUT2D eigenvalue weighted by molar-refractivity contribution is 5.88. The predicted molar refractivity (Wildman–Crippen MR) is 71.9 cm³/mol. The Morgan fingerprint density at radius 2 is 2.05 bits per heavy atom. The minimum absolute atomic E-state index is 0.0929. The Kier molecular flexibility index (Phi) is 2.93. The molecular weight excluding hydrogens is 242 g/mol. The lowest BCUT2D eigenvalue weighted by Crippen LogP contribution is -1.88. The van der Waals surface area contributed by atoms with Crippen LogP contribution >= 0.6 is 0 Å². The zero-order valence-corrected chi connectivity index (χ0v) is 10.5. The van der Waals surface area contributed by atoms with Gasteiger partial charge in [-0.1, -0.05) is 30.3 Å². The minimum Gasteiger partial charge on any atom is -0.481 e. The summed E-state index contributed by atoms with van der Waals surface area (Å²) in [6.07, 6.45) is 1.61. The van der Waals surface area contributed by atoms with Crippen LogP contribution < -0.4 is 4.74 Å². The smallest absolute Gasteiger partial charge is 0.213 e. The molecule has 0 atom stereocenters. The number of fused-ring (bicyclic) bond motifs is 1. The Balaban J connectivity index is 2.26. The van der Waals surface area contributed by atoms with Crippen molar-refractivity contribution >= 4 is 11.0 Å². The van der Waals surface area contributed by atoms with Crippen LogP contribution in [-0.4, -0.2) is 17.2 Å². The van der Waals surface area contributed by atoms with E-state index in [2.05, 4.69) is 4.98 Å². The highest BCUT2D eigenvalue weighted by Gasteiger charge is 2.16. The van der Waals surface area contributed by atoms with Crippen molar-refractivity contribution in [1.82, 2.24) is 4.98 Å². The third-order valence-electron chi connectivity index (χ3n) is 3.06. The van der Waals surface area contributed by atoms with Crippen LogP contribution in [0.2, 0.25) is 0 Å². The highest BCUT2D eigenvalue weighted by atomic mass is 16.5. The number of methoxy groups -OCH3 is 1. The molecule has 96 valence electrons. The number of nitrogens with zero attached hydrogens (tertiary/aromatic N) is 1. The molecule has 0 amide bonds. The third-order valence-corrected chi connectivity index (χ3v) is 3.06. The van der Waals surface area contributed by atoms with Crippen LogP contribution in [0.15, 0.2) is 47.0 Å². The van der Waals surface area contributed by atoms with Crippen molar-refractivity contribution in [3.8, 4) is 17.2 Å². The van der Waals surface area contributed by atoms with Crippen LogP contribution in [0.4, 0.5) is 0 Å². The molecule has 0 saturated carbocycles. The van der Waals surface area contributed by atoms with Crippen LogP contribution in [0.5, 0.6) is 5.88 Å². The standard InChI is InChI=1S/C15H13NO3/c1-18-14-7-11-12(9-17)15(19-13(11)8-16-14)10-5-3-2-4-6-10/h2-8,17H,9H2,1H3. The van der Waals surface area contributed by atoms with E-state index < -0.39 is 0 Å². The largest absolute Gasteiger partial charge is 0.481 e. The number of aromatic nitrogens is 1. The zero-order valence-electron chi connectivity index (χ0n) is 10.5. The first-order valence-corrected chi connectivity index (χ1v) is 5.95. The number of hydrogen-bond donors (Lipinski definition) is 1. The maximum absolute atomic E-state index is 9.61. The fourth-order valence-electron chi connectivity index (χ4n) is 2.13. The first kappa shape index (κ1) is 11.7. The van der Waals surface area contributed by atoms with E-state index in [1.165, 1.54) is 0 Å². The van der Waals surface area contributed by atoms with Gasteiger partial charge in [-0.05, 0) is 0 Å². The lowest BCUT2D eigenvalue weighted by molar-refractivity contribution is 0.282. The average Bonchev–Trinajstić information content (AvgIpc) is 2.85. The van der Waals surface area contributed by atoms with Crippen LogP contribution in [0.3, 0.4) is 0 Å². The number of ether oxygens (including phenoxy) is 1. The molecule has 0 spiro atoms. The monoisotopic (exact) mass is 255 g/mol. The van der Waals surface area contributed by atoms with Crippen LogP contribution in [-0.2, 0) is 6.61 Å². The molecule has 4 nitrogen and oxygen atoms in total. The molecule has 0 radical (unpaired) electrons. The van der Waals surface area contributed by atoms with Gasteiger partial charge in [-0.2, -0.15) is 0 Å². The summed E-state index contributed by atoms with van der Waals surface area (Å²) < 4.78 is 10.9. The summed E-state index contributed by atoms with van der Waals surface area (Å²) in [5.74, 6) is 1.18. The number of aliphatic hydroxyl groups excluding tert-OH is 1. The molecule has 3 aromatic rings. The normalized spacial score (nSPS) is 10.8. The maximum Gasteiger partial charge on any atom is 0.213 e. The molecule has 1 N–H and O–H groups in total. The molecule has 0 unspecified atom stereocenters. The Morgan fingerprint density at radius 1 is 1.26 bits per heavy atom. The van der Waals surface area contributed by atoms with Gasteiger partial charge in [0, 0.05) is 22.6 Å². The van der Waals surface area contributed by atoms with Gasteiger partial charge in [0.05, 0.1) is 19.9 Å². The molecule has 2 aromatic heterocycles. The summed E-state index contributed by atoms with van der Waals surface area (Å²) in [7, 11) is 1.56. The molecule has 0 saturated heterocycles. The Morgan fingerprint density at radius 3 is 2.74 bits per heavy atom. The highest BCUT2D eigenvalue weighted by Crippen LogP contribution is 2.34. The molecule has 0 aliphatic carbocycles. The molecule has 4 heteroatoms. The number of aliphatic hydroxyl groups is 1. The SMILES string of the molecule is COc1cc2c(CO)c(-c3ccccc3)oc2cn1. The molecule has 3 rings (SSSR count). The third kappa shape index (κ3) is 1.96. The van der Waals surface area contributed by atoms with E-state index in [1.54, 1.807) is 19.4 Å². The second-order valence-corrected chi connectivity index (χ2v) is 4.16. The van der Waals surface area contributed by atoms with Gasteiger partial charge in [0.1, 0.15) is 5.76 Å². The van der Waals surface area contributed by atoms with Crippen LogP contribution in [0.1, 0.15) is 5.56 Å². The lowest BCUT2D eigenvalue weighted by atomic mass is 10.1. The summed E-state index contributed by atoms with van der Waals surface area (Å²) >= 11 is 0. The molecule has 0 fully saturated rings. The topological polar surface area (TPSA) is 55.5 Å². The summed E-state index contributed by atoms with van der Waals surface area (Å²) in [5.41, 5.74) is 2.33.